The van der Waals surface area contributed by atoms with Crippen LogP contribution in [0.4, 0.5) is 11.4 Å². The summed E-state index contributed by atoms with van der Waals surface area (Å²) in [4.78, 5) is 25.8. The molecule has 0 saturated carbocycles. The number of benzene rings is 1. The largest absolute Gasteiger partial charge is 0.321 e. The fraction of sp³-hybridized carbons (Fsp3) is 0.409. The van der Waals surface area contributed by atoms with Gasteiger partial charge in [0.1, 0.15) is 18.1 Å². The Kier molecular flexibility index (Phi) is 6.31. The van der Waals surface area contributed by atoms with Crippen molar-refractivity contribution in [3.05, 3.63) is 69.3 Å². The van der Waals surface area contributed by atoms with Gasteiger partial charge in [0.15, 0.2) is 5.69 Å². The molecule has 1 fully saturated rings. The molecule has 1 aliphatic rings. The molecule has 32 heavy (non-hydrogen) atoms. The highest BCUT2D eigenvalue weighted by Crippen LogP contribution is 2.21. The maximum atomic E-state index is 12.6. The lowest BCUT2D eigenvalue weighted by atomic mass is 10.1. The molecule has 0 atom stereocenters. The first-order valence-electron chi connectivity index (χ1n) is 10.7. The molecule has 0 aliphatic carbocycles. The van der Waals surface area contributed by atoms with Crippen LogP contribution in [0.1, 0.15) is 46.7 Å². The first-order valence-corrected chi connectivity index (χ1v) is 10.7. The number of nitro groups is 1. The molecule has 1 aromatic carbocycles. The van der Waals surface area contributed by atoms with E-state index in [4.69, 9.17) is 0 Å². The molecule has 1 N–H and O–H groups in total. The van der Waals surface area contributed by atoms with Crippen molar-refractivity contribution < 1.29 is 9.72 Å². The van der Waals surface area contributed by atoms with Crippen molar-refractivity contribution in [2.24, 2.45) is 0 Å². The number of hydrogen-bond acceptors (Lipinski definition) is 6. The molecule has 2 aromatic heterocycles. The second kappa shape index (κ2) is 9.31. The third-order valence-electron chi connectivity index (χ3n) is 5.74. The number of aromatic nitrogens is 4. The number of carbonyl (C=O) groups excluding carboxylic acids is 1. The van der Waals surface area contributed by atoms with Crippen LogP contribution in [0.25, 0.3) is 0 Å². The fourth-order valence-electron chi connectivity index (χ4n) is 4.05. The average Bonchev–Trinajstić information content (AvgIpc) is 3.34. The van der Waals surface area contributed by atoms with Crippen LogP contribution < -0.4 is 5.32 Å². The quantitative estimate of drug-likeness (QED) is 0.448. The first kappa shape index (κ1) is 21.7. The summed E-state index contributed by atoms with van der Waals surface area (Å²) in [5, 5.41) is 22.5. The third kappa shape index (κ3) is 4.86. The highest BCUT2D eigenvalue weighted by molar-refractivity contribution is 6.02. The maximum absolute atomic E-state index is 12.6. The Morgan fingerprint density at radius 3 is 2.47 bits per heavy atom. The Labute approximate surface area is 186 Å². The summed E-state index contributed by atoms with van der Waals surface area (Å²) in [5.74, 6) is -0.313. The van der Waals surface area contributed by atoms with Gasteiger partial charge in [-0.1, -0.05) is 18.6 Å². The van der Waals surface area contributed by atoms with Gasteiger partial charge in [-0.05, 0) is 63.5 Å². The number of nitrogens with one attached hydrogen (secondary N) is 1. The molecule has 10 heteroatoms. The van der Waals surface area contributed by atoms with Gasteiger partial charge in [-0.15, -0.1) is 0 Å². The Morgan fingerprint density at radius 2 is 1.81 bits per heavy atom. The van der Waals surface area contributed by atoms with Crippen molar-refractivity contribution in [1.82, 2.24) is 24.5 Å². The van der Waals surface area contributed by atoms with Crippen LogP contribution in [0.3, 0.4) is 0 Å². The van der Waals surface area contributed by atoms with E-state index in [-0.39, 0.29) is 24.0 Å². The second-order valence-electron chi connectivity index (χ2n) is 8.15. The molecule has 3 aromatic rings. The van der Waals surface area contributed by atoms with Crippen molar-refractivity contribution in [2.75, 3.05) is 18.4 Å². The normalized spacial score (nSPS) is 14.4. The van der Waals surface area contributed by atoms with E-state index < -0.39 is 4.92 Å². The van der Waals surface area contributed by atoms with Crippen LogP contribution in [0.2, 0.25) is 0 Å². The van der Waals surface area contributed by atoms with Gasteiger partial charge < -0.3 is 5.32 Å². The van der Waals surface area contributed by atoms with Gasteiger partial charge in [0.05, 0.1) is 4.92 Å². The lowest BCUT2D eigenvalue weighted by molar-refractivity contribution is -0.386. The molecule has 3 heterocycles. The fourth-order valence-corrected chi connectivity index (χ4v) is 4.05. The van der Waals surface area contributed by atoms with E-state index in [0.717, 1.165) is 19.6 Å². The van der Waals surface area contributed by atoms with Crippen LogP contribution in [-0.2, 0) is 13.2 Å². The van der Waals surface area contributed by atoms with Crippen LogP contribution >= 0.6 is 0 Å². The van der Waals surface area contributed by atoms with Gasteiger partial charge in [0.2, 0.25) is 0 Å². The predicted octanol–water partition coefficient (Wildman–Crippen LogP) is 3.35. The van der Waals surface area contributed by atoms with Gasteiger partial charge in [-0.3, -0.25) is 24.5 Å². The zero-order valence-electron chi connectivity index (χ0n) is 18.3. The molecule has 4 rings (SSSR count). The average molecular weight is 438 g/mol. The monoisotopic (exact) mass is 437 g/mol. The molecule has 0 unspecified atom stereocenters. The van der Waals surface area contributed by atoms with Crippen LogP contribution in [0.15, 0.2) is 36.5 Å². The summed E-state index contributed by atoms with van der Waals surface area (Å²) < 4.78 is 3.03. The van der Waals surface area contributed by atoms with Crippen molar-refractivity contribution in [2.45, 2.75) is 46.3 Å². The Morgan fingerprint density at radius 1 is 1.09 bits per heavy atom. The standard InChI is InChI=1S/C22H27N7O3/c1-16-21(29(31)32)17(2)28(24-16)15-27-13-10-20(25-27)22(30)23-19-8-6-18(7-9-19)14-26-11-4-3-5-12-26/h6-10,13H,3-5,11-12,14-15H2,1-2H3,(H,23,30). The molecule has 1 saturated heterocycles. The summed E-state index contributed by atoms with van der Waals surface area (Å²) in [6, 6.07) is 9.50. The van der Waals surface area contributed by atoms with Crippen molar-refractivity contribution in [3.63, 3.8) is 0 Å². The minimum Gasteiger partial charge on any atom is -0.321 e. The number of amides is 1. The summed E-state index contributed by atoms with van der Waals surface area (Å²) in [5.41, 5.74) is 2.99. The van der Waals surface area contributed by atoms with Crippen molar-refractivity contribution >= 4 is 17.3 Å². The second-order valence-corrected chi connectivity index (χ2v) is 8.15. The number of hydrogen-bond donors (Lipinski definition) is 1. The van der Waals surface area contributed by atoms with Crippen molar-refractivity contribution in [1.29, 1.82) is 0 Å². The van der Waals surface area contributed by atoms with Crippen molar-refractivity contribution in [3.8, 4) is 0 Å². The lowest BCUT2D eigenvalue weighted by Gasteiger charge is -2.26. The van der Waals surface area contributed by atoms with Gasteiger partial charge in [0, 0.05) is 18.4 Å². The minimum atomic E-state index is -0.437. The minimum absolute atomic E-state index is 0.00106. The highest BCUT2D eigenvalue weighted by Gasteiger charge is 2.22. The number of carbonyl (C=O) groups is 1. The number of nitrogens with zero attached hydrogens (tertiary/aromatic N) is 6. The molecule has 1 amide bonds. The van der Waals surface area contributed by atoms with Gasteiger partial charge in [-0.25, -0.2) is 4.68 Å². The molecular weight excluding hydrogens is 410 g/mol. The Bertz CT molecular complexity index is 1110. The molecule has 0 spiro atoms. The smallest absolute Gasteiger partial charge is 0.312 e. The molecular formula is C22H27N7O3. The molecule has 10 nitrogen and oxygen atoms in total. The SMILES string of the molecule is Cc1nn(Cn2ccc(C(=O)Nc3ccc(CN4CCCCC4)cc3)n2)c(C)c1[N+](=O)[O-]. The van der Waals surface area contributed by atoms with E-state index >= 15 is 0 Å². The molecule has 0 radical (unpaired) electrons. The van der Waals surface area contributed by atoms with Crippen LogP contribution in [0, 0.1) is 24.0 Å². The molecule has 168 valence electrons. The van der Waals surface area contributed by atoms with Gasteiger partial charge >= 0.3 is 5.69 Å². The summed E-state index contributed by atoms with van der Waals surface area (Å²) >= 11 is 0. The lowest BCUT2D eigenvalue weighted by Crippen LogP contribution is -2.29. The molecule has 0 bridgehead atoms. The van der Waals surface area contributed by atoms with Crippen LogP contribution in [0.5, 0.6) is 0 Å². The Balaban J connectivity index is 1.36. The number of aryl methyl sites for hydroxylation is 1. The van der Waals surface area contributed by atoms with E-state index in [0.29, 0.717) is 17.1 Å². The number of likely N-dealkylation sites (tertiary alicyclic amines) is 1. The third-order valence-corrected chi connectivity index (χ3v) is 5.74. The number of rotatable bonds is 7. The van der Waals surface area contributed by atoms with E-state index in [9.17, 15) is 14.9 Å². The number of piperidine rings is 1. The van der Waals surface area contributed by atoms with E-state index in [2.05, 4.69) is 20.4 Å². The zero-order chi connectivity index (χ0) is 22.7. The summed E-state index contributed by atoms with van der Waals surface area (Å²) in [6.45, 7) is 6.64. The first-order chi connectivity index (χ1) is 15.4. The highest BCUT2D eigenvalue weighted by atomic mass is 16.6. The van der Waals surface area contributed by atoms with E-state index in [1.807, 2.05) is 24.3 Å². The number of anilines is 1. The summed E-state index contributed by atoms with van der Waals surface area (Å²) in [7, 11) is 0. The van der Waals surface area contributed by atoms with E-state index in [1.165, 1.54) is 34.2 Å². The maximum Gasteiger partial charge on any atom is 0.312 e. The summed E-state index contributed by atoms with van der Waals surface area (Å²) in [6.07, 6.45) is 5.49. The van der Waals surface area contributed by atoms with Gasteiger partial charge in [-0.2, -0.15) is 10.2 Å². The van der Waals surface area contributed by atoms with Crippen LogP contribution in [-0.4, -0.2) is 48.4 Å². The topological polar surface area (TPSA) is 111 Å². The zero-order valence-corrected chi connectivity index (χ0v) is 18.3. The predicted molar refractivity (Wildman–Crippen MR) is 120 cm³/mol. The molecule has 1 aliphatic heterocycles. The Hall–Kier alpha value is -3.53. The van der Waals surface area contributed by atoms with E-state index in [1.54, 1.807) is 26.1 Å². The van der Waals surface area contributed by atoms with Gasteiger partial charge in [0.25, 0.3) is 5.91 Å².